The van der Waals surface area contributed by atoms with Gasteiger partial charge >= 0.3 is 5.97 Å². The number of ether oxygens (including phenoxy) is 2. The van der Waals surface area contributed by atoms with Gasteiger partial charge in [-0.2, -0.15) is 0 Å². The molecule has 1 N–H and O–H groups in total. The average molecular weight is 463 g/mol. The average Bonchev–Trinajstić information content (AvgIpc) is 3.35. The lowest BCUT2D eigenvalue weighted by Gasteiger charge is -2.36. The number of likely N-dealkylation sites (tertiary alicyclic amines) is 1. The second-order valence-corrected chi connectivity index (χ2v) is 9.51. The van der Waals surface area contributed by atoms with Crippen LogP contribution in [0.1, 0.15) is 52.4 Å². The van der Waals surface area contributed by atoms with E-state index in [0.717, 1.165) is 19.3 Å². The molecular formula is C25H38N2O6. The van der Waals surface area contributed by atoms with Crippen molar-refractivity contribution in [2.24, 2.45) is 11.8 Å². The van der Waals surface area contributed by atoms with Crippen molar-refractivity contribution in [1.82, 2.24) is 9.80 Å². The molecule has 3 aliphatic heterocycles. The van der Waals surface area contributed by atoms with E-state index in [4.69, 9.17) is 9.47 Å². The quantitative estimate of drug-likeness (QED) is 0.256. The predicted octanol–water partition coefficient (Wildman–Crippen LogP) is 2.07. The highest BCUT2D eigenvalue weighted by atomic mass is 16.6. The highest BCUT2D eigenvalue weighted by Gasteiger charge is 2.78. The van der Waals surface area contributed by atoms with Gasteiger partial charge in [-0.15, -0.1) is 13.2 Å². The molecule has 3 saturated heterocycles. The molecule has 184 valence electrons. The minimum atomic E-state index is -1.09. The third-order valence-corrected chi connectivity index (χ3v) is 7.35. The van der Waals surface area contributed by atoms with Crippen molar-refractivity contribution in [1.29, 1.82) is 0 Å². The van der Waals surface area contributed by atoms with E-state index in [-0.39, 0.29) is 31.6 Å². The first kappa shape index (κ1) is 25.4. The fourth-order valence-corrected chi connectivity index (χ4v) is 5.87. The molecule has 2 bridgehead atoms. The smallest absolute Gasteiger partial charge is 0.312 e. The van der Waals surface area contributed by atoms with Crippen LogP contribution >= 0.6 is 0 Å². The first-order valence-electron chi connectivity index (χ1n) is 12.1. The molecule has 33 heavy (non-hydrogen) atoms. The number of carbonyl (C=O) groups excluding carboxylic acids is 3. The Bertz CT molecular complexity index is 785. The molecule has 3 aliphatic rings. The number of unbranched alkanes of at least 4 members (excludes halogenated alkanes) is 2. The van der Waals surface area contributed by atoms with Gasteiger partial charge < -0.3 is 24.4 Å². The van der Waals surface area contributed by atoms with Crippen LogP contribution in [0.3, 0.4) is 0 Å². The van der Waals surface area contributed by atoms with Gasteiger partial charge in [0.1, 0.15) is 17.6 Å². The van der Waals surface area contributed by atoms with E-state index in [0.29, 0.717) is 32.4 Å². The van der Waals surface area contributed by atoms with Crippen molar-refractivity contribution >= 4 is 17.8 Å². The molecule has 0 aromatic carbocycles. The Labute approximate surface area is 196 Å². The second-order valence-electron chi connectivity index (χ2n) is 9.51. The summed E-state index contributed by atoms with van der Waals surface area (Å²) >= 11 is 0. The number of allylic oxidation sites excluding steroid dienone is 1. The molecule has 8 nitrogen and oxygen atoms in total. The van der Waals surface area contributed by atoms with E-state index in [1.807, 2.05) is 6.92 Å². The third kappa shape index (κ3) is 4.35. The minimum Gasteiger partial charge on any atom is -0.465 e. The van der Waals surface area contributed by atoms with Crippen molar-refractivity contribution in [3.63, 3.8) is 0 Å². The molecule has 2 unspecified atom stereocenters. The van der Waals surface area contributed by atoms with Gasteiger partial charge in [-0.25, -0.2) is 0 Å². The summed E-state index contributed by atoms with van der Waals surface area (Å²) in [4.78, 5) is 43.7. The third-order valence-electron chi connectivity index (χ3n) is 7.35. The maximum atomic E-state index is 13.8. The van der Waals surface area contributed by atoms with Crippen LogP contribution in [0.5, 0.6) is 0 Å². The van der Waals surface area contributed by atoms with Crippen molar-refractivity contribution in [3.05, 3.63) is 25.3 Å². The summed E-state index contributed by atoms with van der Waals surface area (Å²) in [5.41, 5.74) is -1.94. The maximum absolute atomic E-state index is 13.8. The lowest BCUT2D eigenvalue weighted by atomic mass is 9.66. The zero-order valence-corrected chi connectivity index (χ0v) is 20.0. The normalized spacial score (nSPS) is 32.0. The molecule has 0 aliphatic carbocycles. The number of fused-ring (bicyclic) bond motifs is 1. The number of amides is 2. The molecule has 3 fully saturated rings. The summed E-state index contributed by atoms with van der Waals surface area (Å²) in [7, 11) is 0. The zero-order chi connectivity index (χ0) is 24.2. The molecule has 3 heterocycles. The lowest BCUT2D eigenvalue weighted by molar-refractivity contribution is -0.160. The van der Waals surface area contributed by atoms with Gasteiger partial charge in [-0.05, 0) is 39.0 Å². The summed E-state index contributed by atoms with van der Waals surface area (Å²) in [5.74, 6) is -2.54. The van der Waals surface area contributed by atoms with Gasteiger partial charge in [0, 0.05) is 19.6 Å². The van der Waals surface area contributed by atoms with Gasteiger partial charge in [0.15, 0.2) is 0 Å². The van der Waals surface area contributed by atoms with Crippen molar-refractivity contribution in [3.8, 4) is 0 Å². The van der Waals surface area contributed by atoms with Gasteiger partial charge in [0.2, 0.25) is 11.8 Å². The van der Waals surface area contributed by atoms with E-state index in [1.54, 1.807) is 17.1 Å². The minimum absolute atomic E-state index is 0.0182. The molecule has 0 radical (unpaired) electrons. The molecule has 8 heteroatoms. The molecule has 1 spiro atoms. The summed E-state index contributed by atoms with van der Waals surface area (Å²) in [6, 6.07) is -0.876. The highest BCUT2D eigenvalue weighted by Crippen LogP contribution is 2.63. The van der Waals surface area contributed by atoms with Crippen LogP contribution in [-0.4, -0.2) is 82.8 Å². The van der Waals surface area contributed by atoms with Crippen LogP contribution in [-0.2, 0) is 23.9 Å². The molecule has 0 saturated carbocycles. The van der Waals surface area contributed by atoms with Gasteiger partial charge in [0.05, 0.1) is 24.7 Å². The summed E-state index contributed by atoms with van der Waals surface area (Å²) < 4.78 is 12.0. The van der Waals surface area contributed by atoms with E-state index >= 15 is 0 Å². The van der Waals surface area contributed by atoms with Crippen LogP contribution < -0.4 is 0 Å². The standard InChI is InChI=1S/C25H38N2O6/c1-5-8-10-17-32-23(31)19-18-21(29)27(15-16-28)20(25(18)12-11-24(19,4)33-25)22(30)26(13-7-3)14-9-6-2/h5,7,18-20,28H,1,3,6,8-17H2,2,4H3/t18-,19+,20?,24-,25?/m0/s1. The Morgan fingerprint density at radius 2 is 2.06 bits per heavy atom. The van der Waals surface area contributed by atoms with Crippen LogP contribution in [0.2, 0.25) is 0 Å². The lowest BCUT2D eigenvalue weighted by Crippen LogP contribution is -2.56. The number of aliphatic hydroxyl groups excluding tert-OH is 1. The number of hydrogen-bond acceptors (Lipinski definition) is 6. The van der Waals surface area contributed by atoms with Gasteiger partial charge in [0.25, 0.3) is 0 Å². The first-order valence-corrected chi connectivity index (χ1v) is 12.1. The zero-order valence-electron chi connectivity index (χ0n) is 20.0. The molecule has 3 rings (SSSR count). The Hall–Kier alpha value is -2.19. The number of nitrogens with zero attached hydrogens (tertiary/aromatic N) is 2. The molecular weight excluding hydrogens is 424 g/mol. The van der Waals surface area contributed by atoms with Crippen LogP contribution in [0.25, 0.3) is 0 Å². The molecule has 0 aromatic rings. The Morgan fingerprint density at radius 1 is 1.30 bits per heavy atom. The number of rotatable bonds is 13. The Kier molecular flexibility index (Phi) is 8.00. The van der Waals surface area contributed by atoms with Crippen LogP contribution in [0.15, 0.2) is 25.3 Å². The monoisotopic (exact) mass is 462 g/mol. The van der Waals surface area contributed by atoms with Gasteiger partial charge in [-0.3, -0.25) is 14.4 Å². The Balaban J connectivity index is 1.94. The topological polar surface area (TPSA) is 96.4 Å². The number of β-amino-alcohol motifs (C(OH)–C–C–N with tert-alkyl or cyclic N) is 1. The van der Waals surface area contributed by atoms with E-state index in [1.165, 1.54) is 4.90 Å². The summed E-state index contributed by atoms with van der Waals surface area (Å²) in [5, 5.41) is 9.67. The SMILES string of the molecule is C=CCCCOC(=O)[C@H]1[C@H]2C(=O)N(CCO)C(C(=O)N(CC=C)CCCC)C23CC[C@]1(C)O3. The fraction of sp³-hybridized carbons (Fsp3) is 0.720. The number of esters is 1. The Morgan fingerprint density at radius 3 is 2.70 bits per heavy atom. The van der Waals surface area contributed by atoms with Crippen LogP contribution in [0.4, 0.5) is 0 Å². The largest absolute Gasteiger partial charge is 0.465 e. The number of hydrogen-bond donors (Lipinski definition) is 1. The maximum Gasteiger partial charge on any atom is 0.312 e. The summed E-state index contributed by atoms with van der Waals surface area (Å²) in [6.07, 6.45) is 7.66. The molecule has 0 aromatic heterocycles. The number of carbonyl (C=O) groups is 3. The molecule has 2 amide bonds. The van der Waals surface area contributed by atoms with E-state index < -0.39 is 35.0 Å². The van der Waals surface area contributed by atoms with Crippen LogP contribution in [0, 0.1) is 11.8 Å². The van der Waals surface area contributed by atoms with Crippen molar-refractivity contribution in [2.75, 3.05) is 32.8 Å². The second kappa shape index (κ2) is 10.4. The first-order chi connectivity index (χ1) is 15.8. The summed E-state index contributed by atoms with van der Waals surface area (Å²) in [6.45, 7) is 12.2. The van der Waals surface area contributed by atoms with E-state index in [9.17, 15) is 19.5 Å². The fourth-order valence-electron chi connectivity index (χ4n) is 5.87. The van der Waals surface area contributed by atoms with Crippen molar-refractivity contribution < 1.29 is 29.0 Å². The number of aliphatic hydroxyl groups is 1. The van der Waals surface area contributed by atoms with Gasteiger partial charge in [-0.1, -0.05) is 25.5 Å². The van der Waals surface area contributed by atoms with E-state index in [2.05, 4.69) is 20.1 Å². The highest BCUT2D eigenvalue weighted by molar-refractivity contribution is 5.98. The predicted molar refractivity (Wildman–Crippen MR) is 123 cm³/mol. The molecule has 5 atom stereocenters. The van der Waals surface area contributed by atoms with Crippen molar-refractivity contribution in [2.45, 2.75) is 69.6 Å².